The van der Waals surface area contributed by atoms with E-state index in [1.54, 1.807) is 0 Å². The van der Waals surface area contributed by atoms with Crippen LogP contribution in [0.25, 0.3) is 5.82 Å². The topological polar surface area (TPSA) is 68.0 Å². The van der Waals surface area contributed by atoms with Crippen molar-refractivity contribution in [1.82, 2.24) is 14.8 Å². The molecule has 0 aliphatic rings. The van der Waals surface area contributed by atoms with Gasteiger partial charge in [-0.25, -0.2) is 14.5 Å². The molecule has 22 heavy (non-hydrogen) atoms. The number of aromatic carboxylic acids is 1. The summed E-state index contributed by atoms with van der Waals surface area (Å²) in [6, 6.07) is 2.26. The Kier molecular flexibility index (Phi) is 3.59. The van der Waals surface area contributed by atoms with Crippen LogP contribution in [0, 0.1) is 0 Å². The Morgan fingerprint density at radius 1 is 1.09 bits per heavy atom. The minimum atomic E-state index is -5.14. The maximum absolute atomic E-state index is 12.9. The lowest BCUT2D eigenvalue weighted by molar-refractivity contribution is -0.143. The Bertz CT molecular complexity index is 719. The largest absolute Gasteiger partial charge is 0.478 e. The first-order chi connectivity index (χ1) is 10.0. The minimum absolute atomic E-state index is 0.0126. The van der Waals surface area contributed by atoms with Crippen LogP contribution >= 0.6 is 0 Å². The summed E-state index contributed by atoms with van der Waals surface area (Å²) in [4.78, 5) is 13.8. The standard InChI is InChI=1S/C11H5F6N3O2/c12-10(13,14)6-2-1-3-7(19-6)20-8(11(15,16)17)5(4-18-20)9(21)22/h1-4H,(H,21,22). The van der Waals surface area contributed by atoms with Crippen LogP contribution in [-0.4, -0.2) is 25.8 Å². The van der Waals surface area contributed by atoms with E-state index in [1.165, 1.54) is 0 Å². The van der Waals surface area contributed by atoms with Crippen molar-refractivity contribution in [2.24, 2.45) is 0 Å². The monoisotopic (exact) mass is 325 g/mol. The summed E-state index contributed by atoms with van der Waals surface area (Å²) in [5.41, 5.74) is -4.33. The van der Waals surface area contributed by atoms with Gasteiger partial charge in [0.2, 0.25) is 0 Å². The Morgan fingerprint density at radius 3 is 2.23 bits per heavy atom. The van der Waals surface area contributed by atoms with Gasteiger partial charge in [-0.1, -0.05) is 6.07 Å². The fourth-order valence-corrected chi connectivity index (χ4v) is 1.65. The molecule has 11 heteroatoms. The fourth-order valence-electron chi connectivity index (χ4n) is 1.65. The highest BCUT2D eigenvalue weighted by atomic mass is 19.4. The van der Waals surface area contributed by atoms with Crippen molar-refractivity contribution in [2.45, 2.75) is 12.4 Å². The van der Waals surface area contributed by atoms with Gasteiger partial charge < -0.3 is 5.11 Å². The SMILES string of the molecule is O=C(O)c1cnn(-c2cccc(C(F)(F)F)n2)c1C(F)(F)F. The van der Waals surface area contributed by atoms with Crippen LogP contribution in [0.2, 0.25) is 0 Å². The Hall–Kier alpha value is -2.59. The van der Waals surface area contributed by atoms with Crippen molar-refractivity contribution >= 4 is 5.97 Å². The molecule has 0 bridgehead atoms. The summed E-state index contributed by atoms with van der Waals surface area (Å²) in [7, 11) is 0. The quantitative estimate of drug-likeness (QED) is 0.862. The highest BCUT2D eigenvalue weighted by molar-refractivity contribution is 5.89. The molecule has 0 unspecified atom stereocenters. The predicted octanol–water partition coefficient (Wildman–Crippen LogP) is 3.00. The van der Waals surface area contributed by atoms with Gasteiger partial charge in [0, 0.05) is 0 Å². The first kappa shape index (κ1) is 15.8. The van der Waals surface area contributed by atoms with Gasteiger partial charge in [0.1, 0.15) is 11.3 Å². The third-order valence-corrected chi connectivity index (χ3v) is 2.51. The second-order valence-corrected chi connectivity index (χ2v) is 4.00. The molecule has 0 aromatic carbocycles. The smallest absolute Gasteiger partial charge is 0.434 e. The molecule has 0 aliphatic carbocycles. The summed E-state index contributed by atoms with van der Waals surface area (Å²) in [5, 5.41) is 11.9. The summed E-state index contributed by atoms with van der Waals surface area (Å²) in [6.45, 7) is 0. The second kappa shape index (κ2) is 5.00. The van der Waals surface area contributed by atoms with Crippen molar-refractivity contribution in [3.8, 4) is 5.82 Å². The number of aromatic nitrogens is 3. The molecular weight excluding hydrogens is 320 g/mol. The van der Waals surface area contributed by atoms with Crippen LogP contribution in [-0.2, 0) is 12.4 Å². The average molecular weight is 325 g/mol. The third-order valence-electron chi connectivity index (χ3n) is 2.51. The lowest BCUT2D eigenvalue weighted by atomic mass is 10.2. The molecule has 0 amide bonds. The predicted molar refractivity (Wildman–Crippen MR) is 58.3 cm³/mol. The van der Waals surface area contributed by atoms with Crippen LogP contribution in [0.4, 0.5) is 26.3 Å². The number of rotatable bonds is 2. The van der Waals surface area contributed by atoms with Gasteiger partial charge >= 0.3 is 18.3 Å². The van der Waals surface area contributed by atoms with Crippen molar-refractivity contribution in [3.63, 3.8) is 0 Å². The van der Waals surface area contributed by atoms with Gasteiger partial charge in [-0.3, -0.25) is 0 Å². The van der Waals surface area contributed by atoms with Gasteiger partial charge in [-0.05, 0) is 12.1 Å². The summed E-state index contributed by atoms with van der Waals surface area (Å²) in [5.74, 6) is -2.71. The highest BCUT2D eigenvalue weighted by Crippen LogP contribution is 2.34. The van der Waals surface area contributed by atoms with Crippen LogP contribution in [0.3, 0.4) is 0 Å². The van der Waals surface area contributed by atoms with E-state index in [0.29, 0.717) is 12.3 Å². The van der Waals surface area contributed by atoms with Gasteiger partial charge in [0.05, 0.1) is 6.20 Å². The molecule has 0 atom stereocenters. The van der Waals surface area contributed by atoms with Crippen molar-refractivity contribution in [1.29, 1.82) is 0 Å². The Labute approximate surface area is 117 Å². The molecular formula is C11H5F6N3O2. The fraction of sp³-hybridized carbons (Fsp3) is 0.182. The number of nitrogens with zero attached hydrogens (tertiary/aromatic N) is 3. The van der Waals surface area contributed by atoms with E-state index >= 15 is 0 Å². The molecule has 0 saturated heterocycles. The van der Waals surface area contributed by atoms with E-state index in [9.17, 15) is 31.1 Å². The number of carbonyl (C=O) groups is 1. The van der Waals surface area contributed by atoms with Crippen LogP contribution < -0.4 is 0 Å². The molecule has 2 aromatic rings. The third kappa shape index (κ3) is 2.87. The molecule has 1 N–H and O–H groups in total. The zero-order valence-corrected chi connectivity index (χ0v) is 10.3. The van der Waals surface area contributed by atoms with E-state index < -0.39 is 41.1 Å². The second-order valence-electron chi connectivity index (χ2n) is 4.00. The first-order valence-electron chi connectivity index (χ1n) is 5.45. The summed E-state index contributed by atoms with van der Waals surface area (Å²) >= 11 is 0. The number of carboxylic acid groups (broad SMARTS) is 1. The summed E-state index contributed by atoms with van der Waals surface area (Å²) < 4.78 is 76.5. The van der Waals surface area contributed by atoms with E-state index in [-0.39, 0.29) is 4.68 Å². The van der Waals surface area contributed by atoms with Gasteiger partial charge in [0.15, 0.2) is 11.5 Å². The number of carboxylic acids is 1. The number of halogens is 6. The van der Waals surface area contributed by atoms with Gasteiger partial charge in [-0.2, -0.15) is 31.4 Å². The number of alkyl halides is 6. The zero-order valence-electron chi connectivity index (χ0n) is 10.3. The van der Waals surface area contributed by atoms with Gasteiger partial charge in [0.25, 0.3) is 0 Å². The zero-order chi connectivity index (χ0) is 16.7. The average Bonchev–Trinajstić information content (AvgIpc) is 2.82. The van der Waals surface area contributed by atoms with E-state index in [0.717, 1.165) is 12.1 Å². The lowest BCUT2D eigenvalue weighted by Gasteiger charge is -2.12. The van der Waals surface area contributed by atoms with E-state index in [1.807, 2.05) is 0 Å². The normalized spacial score (nSPS) is 12.5. The van der Waals surface area contributed by atoms with Crippen LogP contribution in [0.15, 0.2) is 24.4 Å². The molecule has 5 nitrogen and oxygen atoms in total. The number of hydrogen-bond acceptors (Lipinski definition) is 3. The molecule has 0 radical (unpaired) electrons. The molecule has 0 spiro atoms. The number of pyridine rings is 1. The van der Waals surface area contributed by atoms with Gasteiger partial charge in [-0.15, -0.1) is 0 Å². The van der Waals surface area contributed by atoms with E-state index in [4.69, 9.17) is 5.11 Å². The molecule has 0 aliphatic heterocycles. The number of hydrogen-bond donors (Lipinski definition) is 1. The maximum atomic E-state index is 12.9. The van der Waals surface area contributed by atoms with E-state index in [2.05, 4.69) is 10.1 Å². The highest BCUT2D eigenvalue weighted by Gasteiger charge is 2.41. The van der Waals surface area contributed by atoms with Crippen molar-refractivity contribution in [2.75, 3.05) is 0 Å². The van der Waals surface area contributed by atoms with Crippen molar-refractivity contribution < 1.29 is 36.2 Å². The maximum Gasteiger partial charge on any atom is 0.434 e. The Morgan fingerprint density at radius 2 is 1.73 bits per heavy atom. The Balaban J connectivity index is 2.66. The lowest BCUT2D eigenvalue weighted by Crippen LogP contribution is -2.19. The minimum Gasteiger partial charge on any atom is -0.478 e. The van der Waals surface area contributed by atoms with Crippen LogP contribution in [0.1, 0.15) is 21.7 Å². The molecule has 118 valence electrons. The molecule has 2 aromatic heterocycles. The van der Waals surface area contributed by atoms with Crippen molar-refractivity contribution in [3.05, 3.63) is 41.3 Å². The molecule has 0 saturated carbocycles. The van der Waals surface area contributed by atoms with Crippen LogP contribution in [0.5, 0.6) is 0 Å². The molecule has 2 rings (SSSR count). The summed E-state index contributed by atoms with van der Waals surface area (Å²) in [6.07, 6.45) is -9.61. The first-order valence-corrected chi connectivity index (χ1v) is 5.45. The molecule has 2 heterocycles. The molecule has 0 fully saturated rings.